The van der Waals surface area contributed by atoms with Crippen molar-refractivity contribution in [1.29, 1.82) is 0 Å². The van der Waals surface area contributed by atoms with E-state index in [9.17, 15) is 4.79 Å². The molecule has 0 saturated carbocycles. The lowest BCUT2D eigenvalue weighted by Crippen LogP contribution is -2.37. The summed E-state index contributed by atoms with van der Waals surface area (Å²) in [7, 11) is 0. The van der Waals surface area contributed by atoms with Crippen molar-refractivity contribution in [3.63, 3.8) is 0 Å². The van der Waals surface area contributed by atoms with Gasteiger partial charge in [0.25, 0.3) is 0 Å². The van der Waals surface area contributed by atoms with Crippen LogP contribution in [0.1, 0.15) is 62.6 Å². The Morgan fingerprint density at radius 2 is 1.90 bits per heavy atom. The highest BCUT2D eigenvalue weighted by Crippen LogP contribution is 2.30. The molecule has 0 atom stereocenters. The van der Waals surface area contributed by atoms with Crippen LogP contribution < -0.4 is 0 Å². The van der Waals surface area contributed by atoms with Crippen LogP contribution in [0.3, 0.4) is 0 Å². The lowest BCUT2D eigenvalue weighted by atomic mass is 9.96. The third kappa shape index (κ3) is 3.26. The van der Waals surface area contributed by atoms with E-state index < -0.39 is 0 Å². The molecule has 1 amide bonds. The monoisotopic (exact) mass is 293 g/mol. The standard InChI is InChI=1S/C15H23N3O3/c1-2-13(19)18-7-3-12(4-8-18)15-16-14(17-21-15)11-5-9-20-10-6-11/h11-12H,2-10H2,1H3. The number of rotatable bonds is 3. The van der Waals surface area contributed by atoms with E-state index in [0.717, 1.165) is 63.7 Å². The topological polar surface area (TPSA) is 68.5 Å². The van der Waals surface area contributed by atoms with E-state index in [1.807, 2.05) is 11.8 Å². The SMILES string of the molecule is CCC(=O)N1CCC(c2nc(C3CCOCC3)no2)CC1. The first-order valence-corrected chi connectivity index (χ1v) is 7.97. The highest BCUT2D eigenvalue weighted by Gasteiger charge is 2.28. The van der Waals surface area contributed by atoms with Crippen LogP contribution in [0.15, 0.2) is 4.52 Å². The molecule has 0 unspecified atom stereocenters. The highest BCUT2D eigenvalue weighted by molar-refractivity contribution is 5.75. The van der Waals surface area contributed by atoms with Gasteiger partial charge in [0.05, 0.1) is 0 Å². The molecule has 6 nitrogen and oxygen atoms in total. The van der Waals surface area contributed by atoms with Gasteiger partial charge in [0.15, 0.2) is 5.82 Å². The Labute approximate surface area is 124 Å². The van der Waals surface area contributed by atoms with Gasteiger partial charge < -0.3 is 14.2 Å². The maximum absolute atomic E-state index is 11.7. The fraction of sp³-hybridized carbons (Fsp3) is 0.800. The normalized spacial score (nSPS) is 21.7. The fourth-order valence-electron chi connectivity index (χ4n) is 3.13. The first-order chi connectivity index (χ1) is 10.3. The molecule has 3 heterocycles. The lowest BCUT2D eigenvalue weighted by molar-refractivity contribution is -0.131. The molecule has 2 aliphatic heterocycles. The van der Waals surface area contributed by atoms with E-state index in [2.05, 4.69) is 10.1 Å². The largest absolute Gasteiger partial charge is 0.381 e. The summed E-state index contributed by atoms with van der Waals surface area (Å²) in [6.07, 6.45) is 4.37. The summed E-state index contributed by atoms with van der Waals surface area (Å²) in [5, 5.41) is 4.16. The second kappa shape index (κ2) is 6.56. The number of carbonyl (C=O) groups excluding carboxylic acids is 1. The summed E-state index contributed by atoms with van der Waals surface area (Å²) in [5.41, 5.74) is 0. The Hall–Kier alpha value is -1.43. The van der Waals surface area contributed by atoms with Crippen LogP contribution in [0.25, 0.3) is 0 Å². The van der Waals surface area contributed by atoms with E-state index in [1.165, 1.54) is 0 Å². The molecule has 2 aliphatic rings. The average Bonchev–Trinajstić information content (AvgIpc) is 3.05. The van der Waals surface area contributed by atoms with Crippen LogP contribution in [-0.4, -0.2) is 47.3 Å². The molecule has 116 valence electrons. The smallest absolute Gasteiger partial charge is 0.229 e. The van der Waals surface area contributed by atoms with Gasteiger partial charge in [-0.15, -0.1) is 0 Å². The van der Waals surface area contributed by atoms with Gasteiger partial charge in [-0.25, -0.2) is 0 Å². The average molecular weight is 293 g/mol. The Bertz CT molecular complexity index is 474. The number of likely N-dealkylation sites (tertiary alicyclic amines) is 1. The molecule has 2 saturated heterocycles. The number of hydrogen-bond acceptors (Lipinski definition) is 5. The molecular weight excluding hydrogens is 270 g/mol. The summed E-state index contributed by atoms with van der Waals surface area (Å²) in [5.74, 6) is 2.49. The van der Waals surface area contributed by atoms with Gasteiger partial charge in [-0.3, -0.25) is 4.79 Å². The minimum atomic E-state index is 0.238. The van der Waals surface area contributed by atoms with Crippen LogP contribution >= 0.6 is 0 Å². The van der Waals surface area contributed by atoms with E-state index >= 15 is 0 Å². The maximum atomic E-state index is 11.7. The van der Waals surface area contributed by atoms with Gasteiger partial charge in [0, 0.05) is 44.6 Å². The fourth-order valence-corrected chi connectivity index (χ4v) is 3.13. The van der Waals surface area contributed by atoms with E-state index in [1.54, 1.807) is 0 Å². The van der Waals surface area contributed by atoms with Crippen molar-refractivity contribution >= 4 is 5.91 Å². The zero-order chi connectivity index (χ0) is 14.7. The molecule has 6 heteroatoms. The molecular formula is C15H23N3O3. The third-order valence-corrected chi connectivity index (χ3v) is 4.54. The van der Waals surface area contributed by atoms with Crippen molar-refractivity contribution in [1.82, 2.24) is 15.0 Å². The molecule has 3 rings (SSSR count). The van der Waals surface area contributed by atoms with Crippen molar-refractivity contribution in [2.75, 3.05) is 26.3 Å². The predicted molar refractivity (Wildman–Crippen MR) is 75.9 cm³/mol. The Morgan fingerprint density at radius 1 is 1.19 bits per heavy atom. The molecule has 0 aromatic carbocycles. The van der Waals surface area contributed by atoms with Gasteiger partial charge in [0.2, 0.25) is 11.8 Å². The van der Waals surface area contributed by atoms with Crippen molar-refractivity contribution in [2.45, 2.75) is 50.9 Å². The molecule has 0 aliphatic carbocycles. The van der Waals surface area contributed by atoms with Crippen LogP contribution in [0.4, 0.5) is 0 Å². The van der Waals surface area contributed by atoms with Crippen LogP contribution in [-0.2, 0) is 9.53 Å². The molecule has 0 radical (unpaired) electrons. The van der Waals surface area contributed by atoms with Crippen molar-refractivity contribution < 1.29 is 14.1 Å². The molecule has 0 N–H and O–H groups in total. The number of ether oxygens (including phenoxy) is 1. The first-order valence-electron chi connectivity index (χ1n) is 7.97. The predicted octanol–water partition coefficient (Wildman–Crippen LogP) is 2.08. The summed E-state index contributed by atoms with van der Waals surface area (Å²) in [6, 6.07) is 0. The number of carbonyl (C=O) groups is 1. The zero-order valence-corrected chi connectivity index (χ0v) is 12.6. The Morgan fingerprint density at radius 3 is 2.57 bits per heavy atom. The van der Waals surface area contributed by atoms with Gasteiger partial charge in [-0.1, -0.05) is 12.1 Å². The minimum Gasteiger partial charge on any atom is -0.381 e. The number of nitrogens with zero attached hydrogens (tertiary/aromatic N) is 3. The number of amides is 1. The Balaban J connectivity index is 1.58. The van der Waals surface area contributed by atoms with Gasteiger partial charge in [-0.05, 0) is 25.7 Å². The second-order valence-corrected chi connectivity index (χ2v) is 5.89. The van der Waals surface area contributed by atoms with Crippen LogP contribution in [0, 0.1) is 0 Å². The number of aromatic nitrogens is 2. The van der Waals surface area contributed by atoms with Crippen molar-refractivity contribution in [3.05, 3.63) is 11.7 Å². The quantitative estimate of drug-likeness (QED) is 0.853. The van der Waals surface area contributed by atoms with Crippen molar-refractivity contribution in [2.24, 2.45) is 0 Å². The molecule has 1 aromatic heterocycles. The second-order valence-electron chi connectivity index (χ2n) is 5.89. The first kappa shape index (κ1) is 14.5. The summed E-state index contributed by atoms with van der Waals surface area (Å²) < 4.78 is 10.8. The summed E-state index contributed by atoms with van der Waals surface area (Å²) in [6.45, 7) is 5.07. The molecule has 1 aromatic rings. The molecule has 21 heavy (non-hydrogen) atoms. The van der Waals surface area contributed by atoms with Gasteiger partial charge in [-0.2, -0.15) is 4.98 Å². The number of hydrogen-bond donors (Lipinski definition) is 0. The van der Waals surface area contributed by atoms with E-state index in [-0.39, 0.29) is 5.91 Å². The van der Waals surface area contributed by atoms with E-state index in [0.29, 0.717) is 18.3 Å². The third-order valence-electron chi connectivity index (χ3n) is 4.54. The lowest BCUT2D eigenvalue weighted by Gasteiger charge is -2.30. The minimum absolute atomic E-state index is 0.238. The number of piperidine rings is 1. The summed E-state index contributed by atoms with van der Waals surface area (Å²) in [4.78, 5) is 18.2. The van der Waals surface area contributed by atoms with Gasteiger partial charge in [0.1, 0.15) is 0 Å². The van der Waals surface area contributed by atoms with Crippen molar-refractivity contribution in [3.8, 4) is 0 Å². The highest BCUT2D eigenvalue weighted by atomic mass is 16.5. The van der Waals surface area contributed by atoms with E-state index in [4.69, 9.17) is 9.26 Å². The molecule has 0 spiro atoms. The maximum Gasteiger partial charge on any atom is 0.229 e. The molecule has 0 bridgehead atoms. The zero-order valence-electron chi connectivity index (χ0n) is 12.6. The Kier molecular flexibility index (Phi) is 4.53. The van der Waals surface area contributed by atoms with Crippen LogP contribution in [0.5, 0.6) is 0 Å². The van der Waals surface area contributed by atoms with Crippen LogP contribution in [0.2, 0.25) is 0 Å². The molecule has 2 fully saturated rings. The van der Waals surface area contributed by atoms with Gasteiger partial charge >= 0.3 is 0 Å². The summed E-state index contributed by atoms with van der Waals surface area (Å²) >= 11 is 0.